The molecule has 2 saturated heterocycles. The van der Waals surface area contributed by atoms with E-state index in [2.05, 4.69) is 13.8 Å². The Bertz CT molecular complexity index is 825. The third-order valence-corrected chi connectivity index (χ3v) is 9.09. The highest BCUT2D eigenvalue weighted by molar-refractivity contribution is 7.88. The van der Waals surface area contributed by atoms with Gasteiger partial charge >= 0.3 is 0 Å². The molecule has 0 amide bonds. The summed E-state index contributed by atoms with van der Waals surface area (Å²) in [6, 6.07) is 9.06. The maximum atomic E-state index is 13.0. The van der Waals surface area contributed by atoms with Crippen LogP contribution in [0.1, 0.15) is 25.8 Å². The molecule has 0 spiro atoms. The molecule has 0 aromatic heterocycles. The zero-order valence-corrected chi connectivity index (χ0v) is 17.6. The number of benzene rings is 1. The molecule has 0 saturated carbocycles. The van der Waals surface area contributed by atoms with E-state index >= 15 is 0 Å². The molecular formula is C18H29N3O4S2. The van der Waals surface area contributed by atoms with Crippen molar-refractivity contribution in [3.8, 4) is 0 Å². The molecule has 2 aliphatic rings. The lowest BCUT2D eigenvalue weighted by Gasteiger charge is -2.40. The Hall–Kier alpha value is -1.00. The summed E-state index contributed by atoms with van der Waals surface area (Å²) in [7, 11) is -6.98. The van der Waals surface area contributed by atoms with Crippen molar-refractivity contribution in [2.75, 3.05) is 39.3 Å². The average Bonchev–Trinajstić information content (AvgIpc) is 2.61. The maximum absolute atomic E-state index is 13.0. The minimum atomic E-state index is -3.53. The number of rotatable bonds is 5. The summed E-state index contributed by atoms with van der Waals surface area (Å²) in [5, 5.41) is 0. The fourth-order valence-electron chi connectivity index (χ4n) is 4.01. The topological polar surface area (TPSA) is 78.0 Å². The van der Waals surface area contributed by atoms with Gasteiger partial charge in [-0.1, -0.05) is 44.2 Å². The van der Waals surface area contributed by atoms with E-state index in [1.165, 1.54) is 8.61 Å². The standard InChI is InChI=1S/C18H29N3O4S2/c1-16-12-17(2)14-21(13-16)27(24,25)20-10-8-19(9-11-20)26(22,23)15-18-6-4-3-5-7-18/h3-7,16-17H,8-15H2,1-2H3/t16-,17-/m1/s1. The maximum Gasteiger partial charge on any atom is 0.282 e. The Kier molecular flexibility index (Phi) is 6.27. The van der Waals surface area contributed by atoms with Crippen LogP contribution >= 0.6 is 0 Å². The first-order valence-electron chi connectivity index (χ1n) is 9.45. The fourth-order valence-corrected chi connectivity index (χ4v) is 7.37. The molecule has 27 heavy (non-hydrogen) atoms. The summed E-state index contributed by atoms with van der Waals surface area (Å²) in [5.41, 5.74) is 0.740. The molecule has 0 aliphatic carbocycles. The lowest BCUT2D eigenvalue weighted by atomic mass is 9.94. The largest absolute Gasteiger partial charge is 0.282 e. The van der Waals surface area contributed by atoms with Gasteiger partial charge < -0.3 is 0 Å². The van der Waals surface area contributed by atoms with Crippen LogP contribution in [0.2, 0.25) is 0 Å². The Labute approximate surface area is 163 Å². The van der Waals surface area contributed by atoms with Crippen molar-refractivity contribution in [1.29, 1.82) is 0 Å². The Balaban J connectivity index is 1.62. The van der Waals surface area contributed by atoms with Crippen LogP contribution in [0.25, 0.3) is 0 Å². The second kappa shape index (κ2) is 8.16. The van der Waals surface area contributed by atoms with Gasteiger partial charge in [0.2, 0.25) is 10.0 Å². The van der Waals surface area contributed by atoms with Gasteiger partial charge in [0.15, 0.2) is 0 Å². The normalized spacial score (nSPS) is 26.9. The van der Waals surface area contributed by atoms with E-state index in [1.54, 1.807) is 16.4 Å². The number of piperazine rings is 1. The van der Waals surface area contributed by atoms with Gasteiger partial charge in [0.05, 0.1) is 5.75 Å². The predicted molar refractivity (Wildman–Crippen MR) is 106 cm³/mol. The smallest absolute Gasteiger partial charge is 0.212 e. The number of sulfonamides is 1. The van der Waals surface area contributed by atoms with Crippen molar-refractivity contribution in [2.45, 2.75) is 26.0 Å². The summed E-state index contributed by atoms with van der Waals surface area (Å²) in [6.07, 6.45) is 1.04. The third-order valence-electron chi connectivity index (χ3n) is 5.27. The number of hydrogen-bond donors (Lipinski definition) is 0. The minimum Gasteiger partial charge on any atom is -0.212 e. The van der Waals surface area contributed by atoms with Crippen LogP contribution in [0, 0.1) is 11.8 Å². The molecule has 7 nitrogen and oxygen atoms in total. The first-order chi connectivity index (χ1) is 12.7. The van der Waals surface area contributed by atoms with Crippen LogP contribution < -0.4 is 0 Å². The van der Waals surface area contributed by atoms with Gasteiger partial charge in [-0.25, -0.2) is 8.42 Å². The van der Waals surface area contributed by atoms with Gasteiger partial charge in [-0.2, -0.15) is 21.3 Å². The molecule has 0 unspecified atom stereocenters. The molecule has 2 heterocycles. The highest BCUT2D eigenvalue weighted by Gasteiger charge is 2.38. The van der Waals surface area contributed by atoms with E-state index in [9.17, 15) is 16.8 Å². The molecule has 2 aliphatic heterocycles. The molecule has 1 aromatic rings. The third kappa shape index (κ3) is 4.89. The average molecular weight is 416 g/mol. The Morgan fingerprint density at radius 2 is 1.33 bits per heavy atom. The van der Waals surface area contributed by atoms with Gasteiger partial charge in [0, 0.05) is 39.3 Å². The highest BCUT2D eigenvalue weighted by Crippen LogP contribution is 2.25. The summed E-state index contributed by atoms with van der Waals surface area (Å²) >= 11 is 0. The van der Waals surface area contributed by atoms with Gasteiger partial charge in [-0.3, -0.25) is 0 Å². The molecule has 0 bridgehead atoms. The molecule has 0 N–H and O–H groups in total. The first kappa shape index (κ1) is 20.7. The van der Waals surface area contributed by atoms with Crippen LogP contribution in [0.3, 0.4) is 0 Å². The number of nitrogens with zero attached hydrogens (tertiary/aromatic N) is 3. The predicted octanol–water partition coefficient (Wildman–Crippen LogP) is 1.36. The van der Waals surface area contributed by atoms with E-state index in [4.69, 9.17) is 0 Å². The van der Waals surface area contributed by atoms with Gasteiger partial charge in [0.1, 0.15) is 0 Å². The van der Waals surface area contributed by atoms with E-state index in [1.807, 2.05) is 18.2 Å². The lowest BCUT2D eigenvalue weighted by Crippen LogP contribution is -2.56. The van der Waals surface area contributed by atoms with Crippen LogP contribution in [-0.2, 0) is 26.0 Å². The number of hydrogen-bond acceptors (Lipinski definition) is 4. The zero-order valence-electron chi connectivity index (χ0n) is 16.0. The van der Waals surface area contributed by atoms with Gasteiger partial charge in [-0.05, 0) is 23.8 Å². The van der Waals surface area contributed by atoms with Gasteiger partial charge in [-0.15, -0.1) is 0 Å². The summed E-state index contributed by atoms with van der Waals surface area (Å²) < 4.78 is 55.6. The molecule has 2 fully saturated rings. The summed E-state index contributed by atoms with van der Waals surface area (Å²) in [4.78, 5) is 0. The monoisotopic (exact) mass is 415 g/mol. The minimum absolute atomic E-state index is 0.0538. The van der Waals surface area contributed by atoms with Crippen molar-refractivity contribution in [3.05, 3.63) is 35.9 Å². The van der Waals surface area contributed by atoms with Crippen LogP contribution in [0.4, 0.5) is 0 Å². The van der Waals surface area contributed by atoms with Gasteiger partial charge in [0.25, 0.3) is 10.2 Å². The van der Waals surface area contributed by atoms with Crippen molar-refractivity contribution in [1.82, 2.24) is 12.9 Å². The van der Waals surface area contributed by atoms with E-state index in [0.717, 1.165) is 12.0 Å². The quantitative estimate of drug-likeness (QED) is 0.727. The van der Waals surface area contributed by atoms with Crippen LogP contribution in [0.5, 0.6) is 0 Å². The molecule has 2 atom stereocenters. The van der Waals surface area contributed by atoms with Crippen molar-refractivity contribution in [2.24, 2.45) is 11.8 Å². The SMILES string of the molecule is C[C@@H]1C[C@@H](C)CN(S(=O)(=O)N2CCN(S(=O)(=O)Cc3ccccc3)CC2)C1. The first-order valence-corrected chi connectivity index (χ1v) is 12.5. The van der Waals surface area contributed by atoms with E-state index in [-0.39, 0.29) is 31.9 Å². The Morgan fingerprint density at radius 3 is 1.89 bits per heavy atom. The molecule has 1 aromatic carbocycles. The Morgan fingerprint density at radius 1 is 0.815 bits per heavy atom. The second-order valence-corrected chi connectivity index (χ2v) is 11.7. The fraction of sp³-hybridized carbons (Fsp3) is 0.667. The second-order valence-electron chi connectivity index (χ2n) is 7.81. The molecule has 9 heteroatoms. The summed E-state index contributed by atoms with van der Waals surface area (Å²) in [5.74, 6) is 0.633. The number of piperidine rings is 1. The lowest BCUT2D eigenvalue weighted by molar-refractivity contribution is 0.197. The molecular weight excluding hydrogens is 386 g/mol. The highest BCUT2D eigenvalue weighted by atomic mass is 32.2. The van der Waals surface area contributed by atoms with Crippen LogP contribution in [0.15, 0.2) is 30.3 Å². The van der Waals surface area contributed by atoms with Crippen molar-refractivity contribution >= 4 is 20.2 Å². The molecule has 3 rings (SSSR count). The van der Waals surface area contributed by atoms with Crippen molar-refractivity contribution < 1.29 is 16.8 Å². The van der Waals surface area contributed by atoms with E-state index in [0.29, 0.717) is 24.9 Å². The zero-order chi connectivity index (χ0) is 19.7. The van der Waals surface area contributed by atoms with Crippen LogP contribution in [-0.4, -0.2) is 69.0 Å². The summed E-state index contributed by atoms with van der Waals surface area (Å²) in [6.45, 7) is 6.04. The van der Waals surface area contributed by atoms with Crippen molar-refractivity contribution in [3.63, 3.8) is 0 Å². The van der Waals surface area contributed by atoms with E-state index < -0.39 is 20.2 Å². The molecule has 152 valence electrons. The molecule has 0 radical (unpaired) electrons.